The number of aliphatic hydroxyl groups excluding tert-OH is 1. The minimum absolute atomic E-state index is 0.330. The van der Waals surface area contributed by atoms with Crippen LogP contribution in [-0.4, -0.2) is 54.9 Å². The van der Waals surface area contributed by atoms with E-state index in [4.69, 9.17) is 4.74 Å². The monoisotopic (exact) mass is 292 g/mol. The zero-order chi connectivity index (χ0) is 15.1. The number of ether oxygens (including phenoxy) is 1. The normalized spacial score (nSPS) is 16.2. The van der Waals surface area contributed by atoms with Crippen molar-refractivity contribution < 1.29 is 9.84 Å². The van der Waals surface area contributed by atoms with Crippen molar-refractivity contribution in [1.82, 2.24) is 10.2 Å². The first-order valence-electron chi connectivity index (χ1n) is 8.01. The smallest absolute Gasteiger partial charge is 0.119 e. The summed E-state index contributed by atoms with van der Waals surface area (Å²) < 4.78 is 5.60. The van der Waals surface area contributed by atoms with Crippen LogP contribution in [0.3, 0.4) is 0 Å². The van der Waals surface area contributed by atoms with E-state index in [0.29, 0.717) is 13.2 Å². The molecule has 2 N–H and O–H groups in total. The van der Waals surface area contributed by atoms with E-state index in [0.717, 1.165) is 31.4 Å². The van der Waals surface area contributed by atoms with Crippen LogP contribution in [0.2, 0.25) is 0 Å². The fourth-order valence-corrected chi connectivity index (χ4v) is 2.49. The number of nitrogens with zero attached hydrogens (tertiary/aromatic N) is 1. The molecule has 1 saturated carbocycles. The second kappa shape index (κ2) is 8.37. The zero-order valence-electron chi connectivity index (χ0n) is 13.2. The van der Waals surface area contributed by atoms with Gasteiger partial charge >= 0.3 is 0 Å². The van der Waals surface area contributed by atoms with Gasteiger partial charge in [0, 0.05) is 25.7 Å². The molecule has 0 amide bonds. The van der Waals surface area contributed by atoms with Crippen molar-refractivity contribution in [2.75, 3.05) is 32.8 Å². The van der Waals surface area contributed by atoms with Crippen LogP contribution in [-0.2, 0) is 0 Å². The van der Waals surface area contributed by atoms with Crippen LogP contribution in [0.4, 0.5) is 0 Å². The van der Waals surface area contributed by atoms with E-state index >= 15 is 0 Å². The molecule has 4 nitrogen and oxygen atoms in total. The molecule has 2 rings (SSSR count). The van der Waals surface area contributed by atoms with Crippen molar-refractivity contribution in [1.29, 1.82) is 0 Å². The van der Waals surface area contributed by atoms with Gasteiger partial charge in [-0.3, -0.25) is 4.90 Å². The molecule has 1 aromatic rings. The summed E-state index contributed by atoms with van der Waals surface area (Å²) in [6.07, 6.45) is 2.23. The third-order valence-corrected chi connectivity index (χ3v) is 3.86. The van der Waals surface area contributed by atoms with Gasteiger partial charge in [-0.05, 0) is 44.0 Å². The van der Waals surface area contributed by atoms with E-state index in [1.54, 1.807) is 0 Å². The maximum absolute atomic E-state index is 9.92. The van der Waals surface area contributed by atoms with E-state index < -0.39 is 6.10 Å². The Bertz CT molecular complexity index is 421. The first-order chi connectivity index (χ1) is 10.2. The van der Waals surface area contributed by atoms with Crippen LogP contribution in [0.25, 0.3) is 0 Å². The molecule has 118 valence electrons. The largest absolute Gasteiger partial charge is 0.491 e. The number of nitrogens with one attached hydrogen (secondary N) is 1. The van der Waals surface area contributed by atoms with Crippen LogP contribution in [0.5, 0.6) is 5.75 Å². The number of hydrogen-bond donors (Lipinski definition) is 2. The lowest BCUT2D eigenvalue weighted by Gasteiger charge is -2.20. The average Bonchev–Trinajstić information content (AvgIpc) is 3.30. The Balaban J connectivity index is 1.56. The molecule has 0 aliphatic heterocycles. The Hall–Kier alpha value is -1.10. The first-order valence-corrected chi connectivity index (χ1v) is 8.01. The molecular formula is C17H28N2O2. The SMILES string of the molecule is CCN(CCNCC(O)COc1cccc(C)c1)C1CC1. The van der Waals surface area contributed by atoms with Crippen molar-refractivity contribution in [3.8, 4) is 5.75 Å². The van der Waals surface area contributed by atoms with Gasteiger partial charge in [-0.25, -0.2) is 0 Å². The minimum Gasteiger partial charge on any atom is -0.491 e. The number of rotatable bonds is 10. The van der Waals surface area contributed by atoms with E-state index in [1.807, 2.05) is 31.2 Å². The lowest BCUT2D eigenvalue weighted by Crippen LogP contribution is -2.38. The molecule has 4 heteroatoms. The van der Waals surface area contributed by atoms with E-state index in [9.17, 15) is 5.11 Å². The van der Waals surface area contributed by atoms with Crippen LogP contribution in [0.15, 0.2) is 24.3 Å². The molecule has 0 heterocycles. The summed E-state index contributed by atoms with van der Waals surface area (Å²) in [6.45, 7) is 8.25. The van der Waals surface area contributed by atoms with E-state index in [1.165, 1.54) is 18.4 Å². The number of aryl methyl sites for hydroxylation is 1. The van der Waals surface area contributed by atoms with Crippen molar-refractivity contribution >= 4 is 0 Å². The molecule has 1 aliphatic rings. The van der Waals surface area contributed by atoms with E-state index in [2.05, 4.69) is 17.1 Å². The van der Waals surface area contributed by atoms with Crippen LogP contribution in [0, 0.1) is 6.92 Å². The lowest BCUT2D eigenvalue weighted by atomic mass is 10.2. The fourth-order valence-electron chi connectivity index (χ4n) is 2.49. The average molecular weight is 292 g/mol. The van der Waals surface area contributed by atoms with Gasteiger partial charge in [0.05, 0.1) is 0 Å². The molecule has 21 heavy (non-hydrogen) atoms. The molecule has 0 spiro atoms. The number of hydrogen-bond acceptors (Lipinski definition) is 4. The topological polar surface area (TPSA) is 44.7 Å². The van der Waals surface area contributed by atoms with Gasteiger partial charge < -0.3 is 15.2 Å². The summed E-state index contributed by atoms with van der Waals surface area (Å²) >= 11 is 0. The highest BCUT2D eigenvalue weighted by Crippen LogP contribution is 2.25. The van der Waals surface area contributed by atoms with Crippen LogP contribution >= 0.6 is 0 Å². The summed E-state index contributed by atoms with van der Waals surface area (Å²) in [4.78, 5) is 2.50. The summed E-state index contributed by atoms with van der Waals surface area (Å²) in [5.41, 5.74) is 1.17. The van der Waals surface area contributed by atoms with Crippen molar-refractivity contribution in [3.63, 3.8) is 0 Å². The molecule has 0 saturated heterocycles. The molecule has 0 aromatic heterocycles. The third-order valence-electron chi connectivity index (χ3n) is 3.86. The predicted octanol–water partition coefficient (Wildman–Crippen LogP) is 1.81. The Morgan fingerprint density at radius 1 is 1.43 bits per heavy atom. The van der Waals surface area contributed by atoms with Gasteiger partial charge in [-0.15, -0.1) is 0 Å². The van der Waals surface area contributed by atoms with Gasteiger partial charge in [0.15, 0.2) is 0 Å². The van der Waals surface area contributed by atoms with Crippen LogP contribution < -0.4 is 10.1 Å². The maximum Gasteiger partial charge on any atom is 0.119 e. The highest BCUT2D eigenvalue weighted by atomic mass is 16.5. The van der Waals surface area contributed by atoms with Crippen molar-refractivity contribution in [2.24, 2.45) is 0 Å². The Labute approximate surface area is 128 Å². The Morgan fingerprint density at radius 2 is 2.24 bits per heavy atom. The summed E-state index contributed by atoms with van der Waals surface area (Å²) in [6, 6.07) is 8.71. The number of benzene rings is 1. The predicted molar refractivity (Wildman–Crippen MR) is 85.8 cm³/mol. The number of aliphatic hydroxyl groups is 1. The molecule has 1 fully saturated rings. The lowest BCUT2D eigenvalue weighted by molar-refractivity contribution is 0.105. The minimum atomic E-state index is -0.471. The molecule has 0 bridgehead atoms. The standard InChI is InChI=1S/C17H28N2O2/c1-3-19(15-7-8-15)10-9-18-12-16(20)13-21-17-6-4-5-14(2)11-17/h4-6,11,15-16,18,20H,3,7-10,12-13H2,1-2H3. The maximum atomic E-state index is 9.92. The zero-order valence-corrected chi connectivity index (χ0v) is 13.2. The highest BCUT2D eigenvalue weighted by Gasteiger charge is 2.26. The van der Waals surface area contributed by atoms with Gasteiger partial charge in [0.2, 0.25) is 0 Å². The van der Waals surface area contributed by atoms with E-state index in [-0.39, 0.29) is 0 Å². The van der Waals surface area contributed by atoms with Gasteiger partial charge in [0.25, 0.3) is 0 Å². The molecule has 1 aromatic carbocycles. The molecule has 1 atom stereocenters. The molecule has 1 unspecified atom stereocenters. The second-order valence-corrected chi connectivity index (χ2v) is 5.85. The van der Waals surface area contributed by atoms with Gasteiger partial charge in [-0.2, -0.15) is 0 Å². The molecule has 1 aliphatic carbocycles. The molecule has 0 radical (unpaired) electrons. The van der Waals surface area contributed by atoms with Gasteiger partial charge in [-0.1, -0.05) is 19.1 Å². The summed E-state index contributed by atoms with van der Waals surface area (Å²) in [5, 5.41) is 13.2. The Kier molecular flexibility index (Phi) is 6.49. The summed E-state index contributed by atoms with van der Waals surface area (Å²) in [5.74, 6) is 0.819. The first kappa shape index (κ1) is 16.3. The van der Waals surface area contributed by atoms with Gasteiger partial charge in [0.1, 0.15) is 18.5 Å². The Morgan fingerprint density at radius 3 is 2.90 bits per heavy atom. The number of likely N-dealkylation sites (N-methyl/N-ethyl adjacent to an activating group) is 1. The second-order valence-electron chi connectivity index (χ2n) is 5.85. The summed E-state index contributed by atoms with van der Waals surface area (Å²) in [7, 11) is 0. The van der Waals surface area contributed by atoms with Crippen molar-refractivity contribution in [2.45, 2.75) is 38.8 Å². The highest BCUT2D eigenvalue weighted by molar-refractivity contribution is 5.27. The van der Waals surface area contributed by atoms with Crippen LogP contribution in [0.1, 0.15) is 25.3 Å². The fraction of sp³-hybridized carbons (Fsp3) is 0.647. The van der Waals surface area contributed by atoms with Crippen molar-refractivity contribution in [3.05, 3.63) is 29.8 Å². The quantitative estimate of drug-likeness (QED) is 0.646. The third kappa shape index (κ3) is 6.04. The molecular weight excluding hydrogens is 264 g/mol.